The highest BCUT2D eigenvalue weighted by Crippen LogP contribution is 2.65. The van der Waals surface area contributed by atoms with E-state index in [1.807, 2.05) is 12.1 Å². The molecule has 4 rings (SSSR count). The van der Waals surface area contributed by atoms with Gasteiger partial charge in [-0.05, 0) is 73.6 Å². The number of ether oxygens (including phenoxy) is 1. The molecular formula is C21H30O2. The van der Waals surface area contributed by atoms with Gasteiger partial charge >= 0.3 is 0 Å². The Balaban J connectivity index is 1.88. The summed E-state index contributed by atoms with van der Waals surface area (Å²) in [4.78, 5) is 0. The van der Waals surface area contributed by atoms with Crippen molar-refractivity contribution in [3.63, 3.8) is 0 Å². The van der Waals surface area contributed by atoms with Crippen LogP contribution in [0.3, 0.4) is 0 Å². The van der Waals surface area contributed by atoms with Crippen LogP contribution in [-0.4, -0.2) is 10.7 Å². The van der Waals surface area contributed by atoms with Gasteiger partial charge < -0.3 is 9.84 Å². The van der Waals surface area contributed by atoms with Gasteiger partial charge in [-0.15, -0.1) is 0 Å². The summed E-state index contributed by atoms with van der Waals surface area (Å²) in [6.07, 6.45) is 7.38. The SMILES string of the molecule is CC1CCC2C(C)(C)CCC[C@]23Oc2ccc(O)cc2C[C@]13C. The van der Waals surface area contributed by atoms with Crippen LogP contribution in [-0.2, 0) is 6.42 Å². The molecule has 0 saturated heterocycles. The lowest BCUT2D eigenvalue weighted by molar-refractivity contribution is -0.210. The van der Waals surface area contributed by atoms with Gasteiger partial charge in [0, 0.05) is 11.3 Å². The lowest BCUT2D eigenvalue weighted by Crippen LogP contribution is -2.68. The number of hydrogen-bond acceptors (Lipinski definition) is 2. The fourth-order valence-electron chi connectivity index (χ4n) is 6.20. The van der Waals surface area contributed by atoms with Gasteiger partial charge in [-0.25, -0.2) is 0 Å². The molecule has 0 aromatic heterocycles. The van der Waals surface area contributed by atoms with Gasteiger partial charge in [0.2, 0.25) is 0 Å². The van der Waals surface area contributed by atoms with E-state index in [1.54, 1.807) is 6.07 Å². The predicted octanol–water partition coefficient (Wildman–Crippen LogP) is 5.33. The fraction of sp³-hybridized carbons (Fsp3) is 0.714. The first-order chi connectivity index (χ1) is 10.8. The zero-order valence-corrected chi connectivity index (χ0v) is 15.0. The van der Waals surface area contributed by atoms with Crippen molar-refractivity contribution in [1.29, 1.82) is 0 Å². The van der Waals surface area contributed by atoms with E-state index in [0.717, 1.165) is 12.2 Å². The summed E-state index contributed by atoms with van der Waals surface area (Å²) in [6.45, 7) is 9.77. The number of rotatable bonds is 0. The topological polar surface area (TPSA) is 29.5 Å². The minimum atomic E-state index is -0.0314. The van der Waals surface area contributed by atoms with Crippen molar-refractivity contribution in [2.24, 2.45) is 22.7 Å². The number of phenolic OH excluding ortho intramolecular Hbond substituents is 1. The molecule has 2 aliphatic carbocycles. The highest BCUT2D eigenvalue weighted by atomic mass is 16.5. The van der Waals surface area contributed by atoms with Crippen molar-refractivity contribution >= 4 is 0 Å². The maximum Gasteiger partial charge on any atom is 0.123 e. The monoisotopic (exact) mass is 314 g/mol. The molecule has 1 aromatic carbocycles. The van der Waals surface area contributed by atoms with E-state index < -0.39 is 0 Å². The van der Waals surface area contributed by atoms with Crippen LogP contribution in [0.5, 0.6) is 11.5 Å². The molecule has 0 radical (unpaired) electrons. The molecule has 1 N–H and O–H groups in total. The van der Waals surface area contributed by atoms with Gasteiger partial charge in [-0.3, -0.25) is 0 Å². The molecule has 2 saturated carbocycles. The quantitative estimate of drug-likeness (QED) is 0.701. The molecule has 2 nitrogen and oxygen atoms in total. The molecule has 0 bridgehead atoms. The molecular weight excluding hydrogens is 284 g/mol. The van der Waals surface area contributed by atoms with Crippen LogP contribution in [0, 0.1) is 22.7 Å². The zero-order chi connectivity index (χ0) is 16.5. The molecule has 4 atom stereocenters. The van der Waals surface area contributed by atoms with Gasteiger partial charge in [-0.1, -0.05) is 27.7 Å². The van der Waals surface area contributed by atoms with Crippen molar-refractivity contribution in [2.75, 3.05) is 0 Å². The van der Waals surface area contributed by atoms with Crippen molar-refractivity contribution < 1.29 is 9.84 Å². The molecule has 0 amide bonds. The highest BCUT2D eigenvalue weighted by molar-refractivity contribution is 5.44. The van der Waals surface area contributed by atoms with E-state index in [0.29, 0.717) is 23.0 Å². The Bertz CT molecular complexity index is 635. The standard InChI is InChI=1S/C21H30O2/c1-14-6-9-18-19(2,3)10-5-11-21(18)20(14,4)13-15-12-16(22)7-8-17(15)23-21/h7-8,12,14,18,22H,5-6,9-11,13H2,1-4H3/t14?,18?,20-,21+/m1/s1. The maximum absolute atomic E-state index is 9.89. The van der Waals surface area contributed by atoms with Gasteiger partial charge in [0.15, 0.2) is 0 Å². The second-order valence-corrected chi connectivity index (χ2v) is 9.25. The molecule has 1 spiro atoms. The van der Waals surface area contributed by atoms with Crippen molar-refractivity contribution in [2.45, 2.75) is 71.8 Å². The summed E-state index contributed by atoms with van der Waals surface area (Å²) < 4.78 is 6.88. The fourth-order valence-corrected chi connectivity index (χ4v) is 6.20. The number of phenols is 1. The third-order valence-electron chi connectivity index (χ3n) is 7.71. The van der Waals surface area contributed by atoms with Crippen LogP contribution in [0.4, 0.5) is 0 Å². The largest absolute Gasteiger partial charge is 0.508 e. The molecule has 126 valence electrons. The second kappa shape index (κ2) is 4.68. The van der Waals surface area contributed by atoms with E-state index in [4.69, 9.17) is 4.74 Å². The van der Waals surface area contributed by atoms with Gasteiger partial charge in [0.05, 0.1) is 0 Å². The minimum absolute atomic E-state index is 0.0314. The van der Waals surface area contributed by atoms with Gasteiger partial charge in [0.1, 0.15) is 17.1 Å². The zero-order valence-electron chi connectivity index (χ0n) is 15.0. The number of aromatic hydroxyl groups is 1. The molecule has 1 heterocycles. The lowest BCUT2D eigenvalue weighted by Gasteiger charge is -2.66. The molecule has 2 fully saturated rings. The van der Waals surface area contributed by atoms with E-state index in [1.165, 1.54) is 37.7 Å². The molecule has 1 aliphatic heterocycles. The molecule has 3 aliphatic rings. The van der Waals surface area contributed by atoms with Crippen molar-refractivity contribution in [3.8, 4) is 11.5 Å². The third kappa shape index (κ3) is 1.93. The Morgan fingerprint density at radius 1 is 1.13 bits per heavy atom. The normalized spacial score (nSPS) is 41.2. The smallest absolute Gasteiger partial charge is 0.123 e. The summed E-state index contributed by atoms with van der Waals surface area (Å²) in [5.41, 5.74) is 1.67. The Hall–Kier alpha value is -1.18. The summed E-state index contributed by atoms with van der Waals surface area (Å²) in [5.74, 6) is 2.66. The molecule has 2 unspecified atom stereocenters. The minimum Gasteiger partial charge on any atom is -0.508 e. The number of fused-ring (bicyclic) bond motifs is 1. The summed E-state index contributed by atoms with van der Waals surface area (Å²) in [6, 6.07) is 5.67. The first-order valence-corrected chi connectivity index (χ1v) is 9.29. The van der Waals surface area contributed by atoms with E-state index in [-0.39, 0.29) is 11.0 Å². The van der Waals surface area contributed by atoms with E-state index in [2.05, 4.69) is 27.7 Å². The molecule has 1 aromatic rings. The van der Waals surface area contributed by atoms with E-state index >= 15 is 0 Å². The van der Waals surface area contributed by atoms with Crippen LogP contribution in [0.1, 0.15) is 65.4 Å². The van der Waals surface area contributed by atoms with Gasteiger partial charge in [-0.2, -0.15) is 0 Å². The van der Waals surface area contributed by atoms with Crippen LogP contribution < -0.4 is 4.74 Å². The van der Waals surface area contributed by atoms with Crippen LogP contribution in [0.15, 0.2) is 18.2 Å². The summed E-state index contributed by atoms with van der Waals surface area (Å²) in [5, 5.41) is 9.89. The third-order valence-corrected chi connectivity index (χ3v) is 7.71. The van der Waals surface area contributed by atoms with Crippen molar-refractivity contribution in [3.05, 3.63) is 23.8 Å². The average molecular weight is 314 g/mol. The Morgan fingerprint density at radius 2 is 1.91 bits per heavy atom. The Labute approximate surface area is 140 Å². The second-order valence-electron chi connectivity index (χ2n) is 9.25. The van der Waals surface area contributed by atoms with Gasteiger partial charge in [0.25, 0.3) is 0 Å². The molecule has 2 heteroatoms. The van der Waals surface area contributed by atoms with Crippen LogP contribution in [0.2, 0.25) is 0 Å². The predicted molar refractivity (Wildman–Crippen MR) is 92.8 cm³/mol. The first-order valence-electron chi connectivity index (χ1n) is 9.29. The summed E-state index contributed by atoms with van der Waals surface area (Å²) in [7, 11) is 0. The maximum atomic E-state index is 9.89. The number of hydrogen-bond donors (Lipinski definition) is 1. The van der Waals surface area contributed by atoms with Crippen LogP contribution in [0.25, 0.3) is 0 Å². The Morgan fingerprint density at radius 3 is 2.70 bits per heavy atom. The Kier molecular flexibility index (Phi) is 3.12. The lowest BCUT2D eigenvalue weighted by atomic mass is 9.44. The van der Waals surface area contributed by atoms with Crippen molar-refractivity contribution in [1.82, 2.24) is 0 Å². The van der Waals surface area contributed by atoms with E-state index in [9.17, 15) is 5.11 Å². The average Bonchev–Trinajstić information content (AvgIpc) is 2.46. The number of benzene rings is 1. The summed E-state index contributed by atoms with van der Waals surface area (Å²) >= 11 is 0. The highest BCUT2D eigenvalue weighted by Gasteiger charge is 2.65. The molecule has 23 heavy (non-hydrogen) atoms. The first kappa shape index (κ1) is 15.4. The van der Waals surface area contributed by atoms with Crippen LogP contribution >= 0.6 is 0 Å².